The number of rotatable bonds is 3. The maximum Gasteiger partial charge on any atom is 0.274 e. The van der Waals surface area contributed by atoms with Crippen LogP contribution >= 0.6 is 23.6 Å². The van der Waals surface area contributed by atoms with Gasteiger partial charge in [-0.25, -0.2) is 4.98 Å². The quantitative estimate of drug-likeness (QED) is 0.821. The minimum absolute atomic E-state index is 0.883. The predicted octanol–water partition coefficient (Wildman–Crippen LogP) is 0.159. The summed E-state index contributed by atoms with van der Waals surface area (Å²) in [6.07, 6.45) is 1.98. The first kappa shape index (κ1) is 13.7. The molecule has 0 atom stereocenters. The molecule has 3 heterocycles. The van der Waals surface area contributed by atoms with Crippen LogP contribution in [0.15, 0.2) is 24.4 Å². The molecule has 0 unspecified atom stereocenters. The van der Waals surface area contributed by atoms with Gasteiger partial charge >= 0.3 is 0 Å². The van der Waals surface area contributed by atoms with Crippen molar-refractivity contribution in [1.82, 2.24) is 9.78 Å². The maximum absolute atomic E-state index is 5.33. The molecule has 2 aromatic rings. The number of nitrogens with one attached hydrogen (secondary N) is 2. The van der Waals surface area contributed by atoms with Crippen molar-refractivity contribution in [2.75, 3.05) is 31.1 Å². The Morgan fingerprint density at radius 2 is 2.20 bits per heavy atom. The van der Waals surface area contributed by atoms with E-state index in [1.54, 1.807) is 16.2 Å². The second-order valence-corrected chi connectivity index (χ2v) is 6.86. The summed E-state index contributed by atoms with van der Waals surface area (Å²) in [4.78, 5) is 7.24. The summed E-state index contributed by atoms with van der Waals surface area (Å²) in [6.45, 7) is 7.24. The zero-order valence-electron chi connectivity index (χ0n) is 11.5. The highest BCUT2D eigenvalue weighted by Crippen LogP contribution is 2.06. The number of piperazine rings is 1. The Bertz CT molecular complexity index is 613. The summed E-state index contributed by atoms with van der Waals surface area (Å²) in [5, 5.41) is 5.52. The van der Waals surface area contributed by atoms with E-state index >= 15 is 0 Å². The number of aromatic amines is 1. The number of hydrogen-bond acceptors (Lipinski definition) is 4. The molecule has 1 fully saturated rings. The van der Waals surface area contributed by atoms with Crippen molar-refractivity contribution in [3.8, 4) is 0 Å². The predicted molar refractivity (Wildman–Crippen MR) is 81.6 cm³/mol. The van der Waals surface area contributed by atoms with Crippen molar-refractivity contribution >= 4 is 29.4 Å². The van der Waals surface area contributed by atoms with Crippen LogP contribution in [0.25, 0.3) is 0 Å². The lowest BCUT2D eigenvalue weighted by Crippen LogP contribution is -3.14. The lowest BCUT2D eigenvalue weighted by Gasteiger charge is -2.27. The molecule has 5 nitrogen and oxygen atoms in total. The number of aryl methyl sites for hydroxylation is 1. The van der Waals surface area contributed by atoms with Crippen molar-refractivity contribution in [2.24, 2.45) is 0 Å². The number of hydrogen-bond donors (Lipinski definition) is 1. The minimum atomic E-state index is 0.883. The molecule has 1 aliphatic heterocycles. The number of aromatic nitrogens is 3. The van der Waals surface area contributed by atoms with Crippen molar-refractivity contribution < 1.29 is 9.88 Å². The summed E-state index contributed by atoms with van der Waals surface area (Å²) >= 11 is 6.92. The second kappa shape index (κ2) is 5.99. The zero-order valence-corrected chi connectivity index (χ0v) is 13.1. The van der Waals surface area contributed by atoms with Crippen LogP contribution in [0.4, 0.5) is 5.82 Å². The number of pyridine rings is 1. The molecule has 1 saturated heterocycles. The van der Waals surface area contributed by atoms with E-state index in [0.29, 0.717) is 0 Å². The largest absolute Gasteiger partial charge is 0.310 e. The highest BCUT2D eigenvalue weighted by Gasteiger charge is 2.26. The van der Waals surface area contributed by atoms with Gasteiger partial charge in [-0.1, -0.05) is 17.4 Å². The third-order valence-electron chi connectivity index (χ3n) is 3.58. The molecule has 20 heavy (non-hydrogen) atoms. The van der Waals surface area contributed by atoms with E-state index in [1.807, 2.05) is 23.9 Å². The molecule has 0 saturated carbocycles. The lowest BCUT2D eigenvalue weighted by molar-refractivity contribution is -0.924. The Kier molecular flexibility index (Phi) is 4.09. The van der Waals surface area contributed by atoms with Crippen LogP contribution in [0.3, 0.4) is 0 Å². The maximum atomic E-state index is 5.33. The molecule has 2 aromatic heterocycles. The molecule has 3 rings (SSSR count). The van der Waals surface area contributed by atoms with E-state index in [4.69, 9.17) is 12.2 Å². The highest BCUT2D eigenvalue weighted by atomic mass is 32.1. The topological polar surface area (TPSA) is 39.6 Å². The van der Waals surface area contributed by atoms with E-state index in [0.717, 1.165) is 41.8 Å². The van der Waals surface area contributed by atoms with Gasteiger partial charge in [-0.2, -0.15) is 9.78 Å². The van der Waals surface area contributed by atoms with Gasteiger partial charge in [0.05, 0.1) is 6.20 Å². The first-order chi connectivity index (χ1) is 9.72. The van der Waals surface area contributed by atoms with E-state index in [9.17, 15) is 0 Å². The average molecular weight is 309 g/mol. The standard InChI is InChI=1S/C13H17N5S2/c1-11-15-18(13(19)20-11)10-16-6-8-17(9-7-16)12-4-2-3-5-14-12/h2-5H,6-10H2,1H3/p+2. The molecule has 0 amide bonds. The van der Waals surface area contributed by atoms with Crippen molar-refractivity contribution in [2.45, 2.75) is 13.6 Å². The van der Waals surface area contributed by atoms with Gasteiger partial charge in [0.25, 0.3) is 5.82 Å². The zero-order chi connectivity index (χ0) is 13.9. The first-order valence-electron chi connectivity index (χ1n) is 6.82. The monoisotopic (exact) mass is 309 g/mol. The van der Waals surface area contributed by atoms with E-state index in [-0.39, 0.29) is 0 Å². The fourth-order valence-electron chi connectivity index (χ4n) is 2.52. The highest BCUT2D eigenvalue weighted by molar-refractivity contribution is 7.73. The van der Waals surface area contributed by atoms with Crippen molar-refractivity contribution in [3.63, 3.8) is 0 Å². The number of nitrogens with zero attached hydrogens (tertiary/aromatic N) is 3. The molecule has 1 aliphatic rings. The van der Waals surface area contributed by atoms with E-state index in [1.165, 1.54) is 5.82 Å². The molecule has 106 valence electrons. The van der Waals surface area contributed by atoms with Crippen LogP contribution in [-0.2, 0) is 6.67 Å². The van der Waals surface area contributed by atoms with Gasteiger partial charge < -0.3 is 4.90 Å². The third kappa shape index (κ3) is 3.05. The third-order valence-corrected chi connectivity index (χ3v) is 4.81. The van der Waals surface area contributed by atoms with Crippen LogP contribution in [0.1, 0.15) is 5.01 Å². The Morgan fingerprint density at radius 3 is 2.80 bits per heavy atom. The Labute approximate surface area is 127 Å². The van der Waals surface area contributed by atoms with Gasteiger partial charge in [-0.05, 0) is 25.2 Å². The molecule has 0 aromatic carbocycles. The van der Waals surface area contributed by atoms with Gasteiger partial charge in [0.1, 0.15) is 31.2 Å². The van der Waals surface area contributed by atoms with E-state index < -0.39 is 0 Å². The molecule has 7 heteroatoms. The van der Waals surface area contributed by atoms with Crippen LogP contribution in [0, 0.1) is 10.9 Å². The summed E-state index contributed by atoms with van der Waals surface area (Å²) in [6, 6.07) is 6.21. The summed E-state index contributed by atoms with van der Waals surface area (Å²) < 4.78 is 2.85. The van der Waals surface area contributed by atoms with Gasteiger partial charge in [0, 0.05) is 6.07 Å². The van der Waals surface area contributed by atoms with Gasteiger partial charge in [-0.3, -0.25) is 4.90 Å². The van der Waals surface area contributed by atoms with Crippen molar-refractivity contribution in [1.29, 1.82) is 0 Å². The first-order valence-corrected chi connectivity index (χ1v) is 8.04. The molecule has 0 bridgehead atoms. The van der Waals surface area contributed by atoms with Crippen LogP contribution in [0.2, 0.25) is 0 Å². The van der Waals surface area contributed by atoms with Crippen LogP contribution in [0.5, 0.6) is 0 Å². The molecule has 2 N–H and O–H groups in total. The molecule has 0 spiro atoms. The second-order valence-electron chi connectivity index (χ2n) is 5.03. The van der Waals surface area contributed by atoms with Gasteiger partial charge in [0.2, 0.25) is 0 Å². The van der Waals surface area contributed by atoms with Crippen molar-refractivity contribution in [3.05, 3.63) is 33.4 Å². The summed E-state index contributed by atoms with van der Waals surface area (Å²) in [5.74, 6) is 1.20. The number of anilines is 1. The Morgan fingerprint density at radius 1 is 1.40 bits per heavy atom. The van der Waals surface area contributed by atoms with Gasteiger partial charge in [0.15, 0.2) is 10.6 Å². The SMILES string of the molecule is Cc1nn(C[NH+]2CCN(c3cccc[nH+]3)CC2)c(=S)s1. The van der Waals surface area contributed by atoms with Crippen LogP contribution in [-0.4, -0.2) is 36.0 Å². The smallest absolute Gasteiger partial charge is 0.274 e. The Hall–Kier alpha value is -1.31. The molecular weight excluding hydrogens is 290 g/mol. The van der Waals surface area contributed by atoms with Gasteiger partial charge in [-0.15, -0.1) is 0 Å². The molecular formula is C13H19N5S2+2. The summed E-state index contributed by atoms with van der Waals surface area (Å²) in [5.41, 5.74) is 0. The molecule has 0 radical (unpaired) electrons. The normalized spacial score (nSPS) is 16.6. The Balaban J connectivity index is 1.59. The summed E-state index contributed by atoms with van der Waals surface area (Å²) in [7, 11) is 0. The molecule has 0 aliphatic carbocycles. The minimum Gasteiger partial charge on any atom is -0.310 e. The lowest BCUT2D eigenvalue weighted by atomic mass is 10.3. The fourth-order valence-corrected chi connectivity index (χ4v) is 3.59. The van der Waals surface area contributed by atoms with E-state index in [2.05, 4.69) is 27.1 Å². The average Bonchev–Trinajstić information content (AvgIpc) is 2.79. The fraction of sp³-hybridized carbons (Fsp3) is 0.462. The van der Waals surface area contributed by atoms with Crippen LogP contribution < -0.4 is 14.8 Å². The number of H-pyrrole nitrogens is 1. The number of quaternary nitrogens is 1.